The van der Waals surface area contributed by atoms with Crippen LogP contribution in [0.15, 0.2) is 29.1 Å². The SMILES string of the molecule is CCc1cnccc1C(NC)c1c(Br)cnn1C. The van der Waals surface area contributed by atoms with Crippen molar-refractivity contribution in [3.8, 4) is 0 Å². The van der Waals surface area contributed by atoms with E-state index in [1.807, 2.05) is 37.4 Å². The van der Waals surface area contributed by atoms with Crippen molar-refractivity contribution < 1.29 is 0 Å². The van der Waals surface area contributed by atoms with Gasteiger partial charge in [-0.1, -0.05) is 6.92 Å². The van der Waals surface area contributed by atoms with E-state index < -0.39 is 0 Å². The fraction of sp³-hybridized carbons (Fsp3) is 0.385. The van der Waals surface area contributed by atoms with E-state index in [0.717, 1.165) is 16.6 Å². The van der Waals surface area contributed by atoms with Crippen LogP contribution in [0.1, 0.15) is 29.8 Å². The molecule has 0 aliphatic rings. The molecule has 0 aliphatic carbocycles. The Bertz CT molecular complexity index is 516. The molecule has 0 spiro atoms. The van der Waals surface area contributed by atoms with Crippen molar-refractivity contribution in [3.05, 3.63) is 46.0 Å². The predicted molar refractivity (Wildman–Crippen MR) is 75.4 cm³/mol. The number of rotatable bonds is 4. The molecule has 0 aromatic carbocycles. The van der Waals surface area contributed by atoms with Crippen molar-refractivity contribution in [2.45, 2.75) is 19.4 Å². The monoisotopic (exact) mass is 308 g/mol. The highest BCUT2D eigenvalue weighted by atomic mass is 79.9. The van der Waals surface area contributed by atoms with Crippen LogP contribution in [0.25, 0.3) is 0 Å². The van der Waals surface area contributed by atoms with Crippen LogP contribution in [0.4, 0.5) is 0 Å². The van der Waals surface area contributed by atoms with Crippen LogP contribution < -0.4 is 5.32 Å². The molecule has 2 aromatic rings. The van der Waals surface area contributed by atoms with Gasteiger partial charge in [-0.3, -0.25) is 9.67 Å². The first-order chi connectivity index (χ1) is 8.69. The summed E-state index contributed by atoms with van der Waals surface area (Å²) in [5, 5.41) is 7.64. The van der Waals surface area contributed by atoms with Crippen molar-refractivity contribution in [1.29, 1.82) is 0 Å². The first-order valence-corrected chi connectivity index (χ1v) is 6.75. The van der Waals surface area contributed by atoms with Gasteiger partial charge in [0, 0.05) is 19.4 Å². The van der Waals surface area contributed by atoms with Gasteiger partial charge in [0.1, 0.15) is 0 Å². The van der Waals surface area contributed by atoms with Gasteiger partial charge in [-0.25, -0.2) is 0 Å². The smallest absolute Gasteiger partial charge is 0.0761 e. The Morgan fingerprint density at radius 1 is 1.44 bits per heavy atom. The van der Waals surface area contributed by atoms with E-state index in [4.69, 9.17) is 0 Å². The van der Waals surface area contributed by atoms with Gasteiger partial charge in [0.2, 0.25) is 0 Å². The highest BCUT2D eigenvalue weighted by Gasteiger charge is 2.21. The molecule has 5 heteroatoms. The molecule has 0 bridgehead atoms. The lowest BCUT2D eigenvalue weighted by molar-refractivity contribution is 0.599. The van der Waals surface area contributed by atoms with Gasteiger partial charge >= 0.3 is 0 Å². The van der Waals surface area contributed by atoms with Gasteiger partial charge < -0.3 is 5.32 Å². The summed E-state index contributed by atoms with van der Waals surface area (Å²) >= 11 is 3.56. The van der Waals surface area contributed by atoms with Gasteiger partial charge in [-0.05, 0) is 46.6 Å². The van der Waals surface area contributed by atoms with Crippen LogP contribution in [0, 0.1) is 0 Å². The summed E-state index contributed by atoms with van der Waals surface area (Å²) in [6.07, 6.45) is 6.57. The molecule has 0 fully saturated rings. The van der Waals surface area contributed by atoms with E-state index in [-0.39, 0.29) is 6.04 Å². The summed E-state index contributed by atoms with van der Waals surface area (Å²) in [7, 11) is 3.92. The van der Waals surface area contributed by atoms with Crippen molar-refractivity contribution in [2.75, 3.05) is 7.05 Å². The molecule has 4 nitrogen and oxygen atoms in total. The number of halogens is 1. The molecule has 1 N–H and O–H groups in total. The zero-order valence-corrected chi connectivity index (χ0v) is 12.4. The minimum atomic E-state index is 0.116. The maximum absolute atomic E-state index is 4.28. The van der Waals surface area contributed by atoms with Crippen molar-refractivity contribution in [1.82, 2.24) is 20.1 Å². The lowest BCUT2D eigenvalue weighted by Gasteiger charge is -2.20. The highest BCUT2D eigenvalue weighted by molar-refractivity contribution is 9.10. The molecular formula is C13H17BrN4. The maximum atomic E-state index is 4.28. The Morgan fingerprint density at radius 2 is 2.22 bits per heavy atom. The molecule has 2 rings (SSSR count). The minimum absolute atomic E-state index is 0.116. The fourth-order valence-electron chi connectivity index (χ4n) is 2.20. The summed E-state index contributed by atoms with van der Waals surface area (Å²) in [5.74, 6) is 0. The second-order valence-corrected chi connectivity index (χ2v) is 5.01. The molecule has 1 atom stereocenters. The average molecular weight is 309 g/mol. The Kier molecular flexibility index (Phi) is 4.14. The zero-order valence-electron chi connectivity index (χ0n) is 10.8. The summed E-state index contributed by atoms with van der Waals surface area (Å²) in [6.45, 7) is 2.14. The van der Waals surface area contributed by atoms with E-state index in [1.165, 1.54) is 11.1 Å². The third kappa shape index (κ3) is 2.33. The van der Waals surface area contributed by atoms with Gasteiger partial charge in [0.15, 0.2) is 0 Å². The third-order valence-electron chi connectivity index (χ3n) is 3.13. The molecular weight excluding hydrogens is 292 g/mol. The van der Waals surface area contributed by atoms with E-state index in [0.29, 0.717) is 0 Å². The molecule has 2 heterocycles. The second kappa shape index (κ2) is 5.63. The van der Waals surface area contributed by atoms with Crippen LogP contribution in [-0.2, 0) is 13.5 Å². The first-order valence-electron chi connectivity index (χ1n) is 5.96. The van der Waals surface area contributed by atoms with Crippen molar-refractivity contribution in [3.63, 3.8) is 0 Å². The molecule has 0 saturated heterocycles. The van der Waals surface area contributed by atoms with Crippen LogP contribution in [0.5, 0.6) is 0 Å². The van der Waals surface area contributed by atoms with E-state index in [1.54, 1.807) is 0 Å². The predicted octanol–water partition coefficient (Wildman–Crippen LogP) is 2.45. The average Bonchev–Trinajstić information content (AvgIpc) is 2.72. The molecule has 96 valence electrons. The molecule has 0 radical (unpaired) electrons. The number of hydrogen-bond donors (Lipinski definition) is 1. The number of pyridine rings is 1. The molecule has 1 unspecified atom stereocenters. The summed E-state index contributed by atoms with van der Waals surface area (Å²) in [4.78, 5) is 4.20. The van der Waals surface area contributed by atoms with E-state index >= 15 is 0 Å². The number of nitrogens with one attached hydrogen (secondary N) is 1. The van der Waals surface area contributed by atoms with Crippen LogP contribution >= 0.6 is 15.9 Å². The van der Waals surface area contributed by atoms with Crippen LogP contribution in [0.3, 0.4) is 0 Å². The number of nitrogens with zero attached hydrogens (tertiary/aromatic N) is 3. The first kappa shape index (κ1) is 13.2. The Labute approximate surface area is 116 Å². The largest absolute Gasteiger partial charge is 0.308 e. The van der Waals surface area contributed by atoms with Crippen molar-refractivity contribution in [2.24, 2.45) is 7.05 Å². The molecule has 0 amide bonds. The fourth-order valence-corrected chi connectivity index (χ4v) is 2.78. The summed E-state index contributed by atoms with van der Waals surface area (Å²) in [5.41, 5.74) is 3.63. The van der Waals surface area contributed by atoms with Crippen LogP contribution in [-0.4, -0.2) is 21.8 Å². The topological polar surface area (TPSA) is 42.7 Å². The summed E-state index contributed by atoms with van der Waals surface area (Å²) < 4.78 is 2.91. The quantitative estimate of drug-likeness (QED) is 0.943. The Balaban J connectivity index is 2.52. The Morgan fingerprint density at radius 3 is 2.78 bits per heavy atom. The summed E-state index contributed by atoms with van der Waals surface area (Å²) in [6, 6.07) is 2.18. The van der Waals surface area contributed by atoms with Gasteiger partial charge in [-0.2, -0.15) is 5.10 Å². The van der Waals surface area contributed by atoms with Crippen molar-refractivity contribution >= 4 is 15.9 Å². The van der Waals surface area contributed by atoms with Gasteiger partial charge in [0.05, 0.1) is 22.4 Å². The van der Waals surface area contributed by atoms with E-state index in [2.05, 4.69) is 44.3 Å². The van der Waals surface area contributed by atoms with E-state index in [9.17, 15) is 0 Å². The normalized spacial score (nSPS) is 12.7. The molecule has 0 aliphatic heterocycles. The number of aryl methyl sites for hydroxylation is 2. The standard InChI is InChI=1S/C13H17BrN4/c1-4-9-7-16-6-5-10(9)12(15-2)13-11(14)8-17-18(13)3/h5-8,12,15H,4H2,1-3H3. The second-order valence-electron chi connectivity index (χ2n) is 4.15. The molecule has 2 aromatic heterocycles. The van der Waals surface area contributed by atoms with Crippen LogP contribution in [0.2, 0.25) is 0 Å². The zero-order chi connectivity index (χ0) is 13.1. The Hall–Kier alpha value is -1.20. The molecule has 18 heavy (non-hydrogen) atoms. The lowest BCUT2D eigenvalue weighted by Crippen LogP contribution is -2.22. The molecule has 0 saturated carbocycles. The minimum Gasteiger partial charge on any atom is -0.308 e. The third-order valence-corrected chi connectivity index (χ3v) is 3.74. The lowest BCUT2D eigenvalue weighted by atomic mass is 9.98. The number of hydrogen-bond acceptors (Lipinski definition) is 3. The van der Waals surface area contributed by atoms with Gasteiger partial charge in [-0.15, -0.1) is 0 Å². The maximum Gasteiger partial charge on any atom is 0.0761 e. The highest BCUT2D eigenvalue weighted by Crippen LogP contribution is 2.29. The van der Waals surface area contributed by atoms with Gasteiger partial charge in [0.25, 0.3) is 0 Å². The number of aromatic nitrogens is 3.